The maximum atomic E-state index is 12.5. The standard InChI is InChI=1S/C18H24N4O2/c1-2-16-20-17(24-21-16)7-8-18(23)22-13-3-4-15(22)6-5-14-9-11-19-12-10-14/h9-12,15H,2-8,13H2,1H3/t15-/m0/s1. The number of aromatic nitrogens is 3. The second-order valence-corrected chi connectivity index (χ2v) is 6.24. The van der Waals surface area contributed by atoms with Gasteiger partial charge in [0, 0.05) is 44.2 Å². The van der Waals surface area contributed by atoms with Crippen LogP contribution in [0.5, 0.6) is 0 Å². The summed E-state index contributed by atoms with van der Waals surface area (Å²) in [5, 5.41) is 3.87. The van der Waals surface area contributed by atoms with Crippen molar-refractivity contribution in [3.8, 4) is 0 Å². The largest absolute Gasteiger partial charge is 0.340 e. The van der Waals surface area contributed by atoms with E-state index in [4.69, 9.17) is 4.52 Å². The van der Waals surface area contributed by atoms with Gasteiger partial charge in [-0.15, -0.1) is 0 Å². The van der Waals surface area contributed by atoms with Crippen LogP contribution >= 0.6 is 0 Å². The van der Waals surface area contributed by atoms with E-state index in [1.165, 1.54) is 5.56 Å². The van der Waals surface area contributed by atoms with Crippen molar-refractivity contribution in [1.82, 2.24) is 20.0 Å². The third kappa shape index (κ3) is 4.19. The molecule has 0 spiro atoms. The van der Waals surface area contributed by atoms with Gasteiger partial charge in [0.05, 0.1) is 0 Å². The molecule has 128 valence electrons. The first-order valence-electron chi connectivity index (χ1n) is 8.76. The van der Waals surface area contributed by atoms with Gasteiger partial charge in [-0.3, -0.25) is 9.78 Å². The van der Waals surface area contributed by atoms with Gasteiger partial charge < -0.3 is 9.42 Å². The summed E-state index contributed by atoms with van der Waals surface area (Å²) in [6.07, 6.45) is 9.54. The van der Waals surface area contributed by atoms with Crippen LogP contribution in [0.1, 0.15) is 49.9 Å². The molecular weight excluding hydrogens is 304 g/mol. The number of nitrogens with zero attached hydrogens (tertiary/aromatic N) is 4. The van der Waals surface area contributed by atoms with Gasteiger partial charge in [-0.25, -0.2) is 0 Å². The monoisotopic (exact) mass is 328 g/mol. The zero-order valence-corrected chi connectivity index (χ0v) is 14.1. The zero-order chi connectivity index (χ0) is 16.8. The molecule has 2 aromatic heterocycles. The van der Waals surface area contributed by atoms with Crippen LogP contribution in [-0.2, 0) is 24.1 Å². The highest BCUT2D eigenvalue weighted by Crippen LogP contribution is 2.23. The van der Waals surface area contributed by atoms with Crippen molar-refractivity contribution >= 4 is 5.91 Å². The molecule has 1 saturated heterocycles. The molecule has 0 bridgehead atoms. The topological polar surface area (TPSA) is 72.1 Å². The molecule has 0 aromatic carbocycles. The first kappa shape index (κ1) is 16.6. The van der Waals surface area contributed by atoms with E-state index in [0.717, 1.165) is 38.6 Å². The lowest BCUT2D eigenvalue weighted by Gasteiger charge is -2.24. The average molecular weight is 328 g/mol. The molecule has 0 saturated carbocycles. The van der Waals surface area contributed by atoms with Crippen molar-refractivity contribution in [3.05, 3.63) is 41.8 Å². The predicted octanol–water partition coefficient (Wildman–Crippen LogP) is 2.58. The minimum atomic E-state index is 0.198. The summed E-state index contributed by atoms with van der Waals surface area (Å²) in [5.74, 6) is 1.46. The number of carbonyl (C=O) groups excluding carboxylic acids is 1. The first-order valence-corrected chi connectivity index (χ1v) is 8.76. The predicted molar refractivity (Wildman–Crippen MR) is 89.3 cm³/mol. The van der Waals surface area contributed by atoms with Crippen molar-refractivity contribution in [2.45, 2.75) is 57.9 Å². The Kier molecular flexibility index (Phi) is 5.56. The summed E-state index contributed by atoms with van der Waals surface area (Å²) in [6.45, 7) is 2.85. The van der Waals surface area contributed by atoms with Gasteiger partial charge in [0.2, 0.25) is 11.8 Å². The highest BCUT2D eigenvalue weighted by atomic mass is 16.5. The molecule has 1 fully saturated rings. The lowest BCUT2D eigenvalue weighted by Crippen LogP contribution is -2.36. The van der Waals surface area contributed by atoms with Crippen LogP contribution in [-0.4, -0.2) is 38.5 Å². The van der Waals surface area contributed by atoms with Gasteiger partial charge in [-0.2, -0.15) is 4.98 Å². The van der Waals surface area contributed by atoms with E-state index in [1.807, 2.05) is 36.4 Å². The summed E-state index contributed by atoms with van der Waals surface area (Å²) in [5.41, 5.74) is 1.28. The van der Waals surface area contributed by atoms with Crippen LogP contribution in [0.15, 0.2) is 29.0 Å². The quantitative estimate of drug-likeness (QED) is 0.781. The Labute approximate surface area is 142 Å². The molecule has 3 rings (SSSR count). The number of rotatable bonds is 7. The molecule has 3 heterocycles. The Hall–Kier alpha value is -2.24. The normalized spacial score (nSPS) is 17.4. The van der Waals surface area contributed by atoms with Crippen LogP contribution in [0.25, 0.3) is 0 Å². The van der Waals surface area contributed by atoms with Gasteiger partial charge in [0.15, 0.2) is 5.82 Å². The Morgan fingerprint density at radius 3 is 2.92 bits per heavy atom. The summed E-state index contributed by atoms with van der Waals surface area (Å²) < 4.78 is 5.16. The Morgan fingerprint density at radius 2 is 2.17 bits per heavy atom. The molecule has 0 radical (unpaired) electrons. The summed E-state index contributed by atoms with van der Waals surface area (Å²) in [4.78, 5) is 22.9. The lowest BCUT2D eigenvalue weighted by atomic mass is 10.0. The van der Waals surface area contributed by atoms with E-state index in [0.29, 0.717) is 30.6 Å². The highest BCUT2D eigenvalue weighted by Gasteiger charge is 2.28. The van der Waals surface area contributed by atoms with E-state index in [1.54, 1.807) is 0 Å². The van der Waals surface area contributed by atoms with Gasteiger partial charge >= 0.3 is 0 Å². The van der Waals surface area contributed by atoms with Crippen molar-refractivity contribution in [1.29, 1.82) is 0 Å². The highest BCUT2D eigenvalue weighted by molar-refractivity contribution is 5.77. The van der Waals surface area contributed by atoms with Gasteiger partial charge in [0.25, 0.3) is 0 Å². The molecule has 1 aliphatic rings. The molecular formula is C18H24N4O2. The number of hydrogen-bond acceptors (Lipinski definition) is 5. The van der Waals surface area contributed by atoms with Crippen molar-refractivity contribution < 1.29 is 9.32 Å². The number of amides is 1. The first-order chi connectivity index (χ1) is 11.8. The summed E-state index contributed by atoms with van der Waals surface area (Å²) in [6, 6.07) is 4.43. The number of hydrogen-bond donors (Lipinski definition) is 0. The minimum absolute atomic E-state index is 0.198. The van der Waals surface area contributed by atoms with E-state index in [2.05, 4.69) is 15.1 Å². The number of carbonyl (C=O) groups is 1. The number of aryl methyl sites for hydroxylation is 3. The van der Waals surface area contributed by atoms with Crippen molar-refractivity contribution in [2.75, 3.05) is 6.54 Å². The molecule has 1 atom stereocenters. The van der Waals surface area contributed by atoms with E-state index in [-0.39, 0.29) is 5.91 Å². The molecule has 0 aliphatic carbocycles. The lowest BCUT2D eigenvalue weighted by molar-refractivity contribution is -0.132. The fourth-order valence-electron chi connectivity index (χ4n) is 3.24. The summed E-state index contributed by atoms with van der Waals surface area (Å²) in [7, 11) is 0. The Bertz CT molecular complexity index is 656. The molecule has 24 heavy (non-hydrogen) atoms. The average Bonchev–Trinajstić information content (AvgIpc) is 3.28. The molecule has 6 nitrogen and oxygen atoms in total. The minimum Gasteiger partial charge on any atom is -0.340 e. The van der Waals surface area contributed by atoms with Crippen LogP contribution in [0.4, 0.5) is 0 Å². The third-order valence-electron chi connectivity index (χ3n) is 4.59. The van der Waals surface area contributed by atoms with E-state index in [9.17, 15) is 4.79 Å². The smallest absolute Gasteiger partial charge is 0.227 e. The number of likely N-dealkylation sites (tertiary alicyclic amines) is 1. The molecule has 2 aromatic rings. The molecule has 6 heteroatoms. The number of pyridine rings is 1. The van der Waals surface area contributed by atoms with Crippen molar-refractivity contribution in [2.24, 2.45) is 0 Å². The third-order valence-corrected chi connectivity index (χ3v) is 4.59. The molecule has 0 N–H and O–H groups in total. The van der Waals surface area contributed by atoms with Crippen LogP contribution in [0.3, 0.4) is 0 Å². The van der Waals surface area contributed by atoms with Gasteiger partial charge in [-0.05, 0) is 43.4 Å². The van der Waals surface area contributed by atoms with Crippen LogP contribution in [0, 0.1) is 0 Å². The Morgan fingerprint density at radius 1 is 1.33 bits per heavy atom. The fraction of sp³-hybridized carbons (Fsp3) is 0.556. The van der Waals surface area contributed by atoms with E-state index < -0.39 is 0 Å². The maximum Gasteiger partial charge on any atom is 0.227 e. The molecule has 0 unspecified atom stereocenters. The Balaban J connectivity index is 1.49. The summed E-state index contributed by atoms with van der Waals surface area (Å²) >= 11 is 0. The van der Waals surface area contributed by atoms with Crippen LogP contribution in [0.2, 0.25) is 0 Å². The van der Waals surface area contributed by atoms with E-state index >= 15 is 0 Å². The molecule has 1 amide bonds. The van der Waals surface area contributed by atoms with Crippen molar-refractivity contribution in [3.63, 3.8) is 0 Å². The SMILES string of the molecule is CCc1noc(CCC(=O)N2CCC[C@H]2CCc2ccncc2)n1. The zero-order valence-electron chi connectivity index (χ0n) is 14.1. The second kappa shape index (κ2) is 8.04. The van der Waals surface area contributed by atoms with Gasteiger partial charge in [0.1, 0.15) is 0 Å². The molecule has 1 aliphatic heterocycles. The van der Waals surface area contributed by atoms with Crippen LogP contribution < -0.4 is 0 Å². The van der Waals surface area contributed by atoms with Gasteiger partial charge in [-0.1, -0.05) is 12.1 Å². The second-order valence-electron chi connectivity index (χ2n) is 6.24. The maximum absolute atomic E-state index is 12.5. The fourth-order valence-corrected chi connectivity index (χ4v) is 3.24.